The average Bonchev–Trinajstić information content (AvgIpc) is 2.75. The molecular weight excluding hydrogens is 340 g/mol. The Morgan fingerprint density at radius 2 is 1.67 bits per heavy atom. The first-order valence-corrected chi connectivity index (χ1v) is 9.21. The van der Waals surface area contributed by atoms with Crippen molar-refractivity contribution in [2.45, 2.75) is 6.54 Å². The summed E-state index contributed by atoms with van der Waals surface area (Å²) in [5, 5.41) is 3.46. The van der Waals surface area contributed by atoms with Gasteiger partial charge in [-0.2, -0.15) is 0 Å². The predicted molar refractivity (Wildman–Crippen MR) is 110 cm³/mol. The molecule has 1 N–H and O–H groups in total. The zero-order valence-corrected chi connectivity index (χ0v) is 16.3. The van der Waals surface area contributed by atoms with E-state index in [1.807, 2.05) is 25.2 Å². The van der Waals surface area contributed by atoms with E-state index in [9.17, 15) is 0 Å². The van der Waals surface area contributed by atoms with E-state index < -0.39 is 0 Å². The van der Waals surface area contributed by atoms with Gasteiger partial charge in [0, 0.05) is 45.5 Å². The Bertz CT molecular complexity index is 756. The van der Waals surface area contributed by atoms with Gasteiger partial charge >= 0.3 is 0 Å². The summed E-state index contributed by atoms with van der Waals surface area (Å²) in [4.78, 5) is 9.18. The molecule has 1 aliphatic heterocycles. The van der Waals surface area contributed by atoms with E-state index in [2.05, 4.69) is 50.4 Å². The van der Waals surface area contributed by atoms with Crippen LogP contribution >= 0.6 is 0 Å². The molecule has 27 heavy (non-hydrogen) atoms. The van der Waals surface area contributed by atoms with Crippen molar-refractivity contribution in [2.75, 3.05) is 52.3 Å². The number of hydrogen-bond acceptors (Lipinski definition) is 4. The number of nitrogens with zero attached hydrogens (tertiary/aromatic N) is 3. The second kappa shape index (κ2) is 9.16. The van der Waals surface area contributed by atoms with Crippen molar-refractivity contribution in [3.8, 4) is 11.5 Å². The number of ether oxygens (including phenoxy) is 2. The van der Waals surface area contributed by atoms with Crippen LogP contribution in [0.4, 0.5) is 5.69 Å². The number of benzene rings is 2. The number of anilines is 1. The molecule has 0 atom stereocenters. The Morgan fingerprint density at radius 1 is 0.963 bits per heavy atom. The highest BCUT2D eigenvalue weighted by Crippen LogP contribution is 2.27. The molecule has 0 amide bonds. The van der Waals surface area contributed by atoms with Gasteiger partial charge in [0.2, 0.25) is 0 Å². The lowest BCUT2D eigenvalue weighted by atomic mass is 10.2. The topological polar surface area (TPSA) is 49.3 Å². The summed E-state index contributed by atoms with van der Waals surface area (Å²) in [6, 6.07) is 16.5. The van der Waals surface area contributed by atoms with Crippen molar-refractivity contribution in [1.29, 1.82) is 0 Å². The summed E-state index contributed by atoms with van der Waals surface area (Å²) in [7, 11) is 5.13. The van der Waals surface area contributed by atoms with E-state index in [0.29, 0.717) is 6.54 Å². The molecule has 6 heteroatoms. The van der Waals surface area contributed by atoms with Crippen LogP contribution < -0.4 is 19.7 Å². The van der Waals surface area contributed by atoms with Crippen LogP contribution in [-0.2, 0) is 6.54 Å². The van der Waals surface area contributed by atoms with Gasteiger partial charge in [0.05, 0.1) is 14.2 Å². The lowest BCUT2D eigenvalue weighted by molar-refractivity contribution is 0.354. The van der Waals surface area contributed by atoms with E-state index in [-0.39, 0.29) is 0 Å². The van der Waals surface area contributed by atoms with E-state index >= 15 is 0 Å². The van der Waals surface area contributed by atoms with Crippen LogP contribution in [0.3, 0.4) is 0 Å². The van der Waals surface area contributed by atoms with E-state index in [0.717, 1.165) is 49.2 Å². The van der Waals surface area contributed by atoms with Gasteiger partial charge in [0.15, 0.2) is 17.5 Å². The van der Waals surface area contributed by atoms with Gasteiger partial charge in [-0.3, -0.25) is 4.99 Å². The van der Waals surface area contributed by atoms with Crippen LogP contribution in [0.5, 0.6) is 11.5 Å². The fourth-order valence-corrected chi connectivity index (χ4v) is 3.32. The first-order valence-electron chi connectivity index (χ1n) is 9.21. The third-order valence-electron chi connectivity index (χ3n) is 4.81. The van der Waals surface area contributed by atoms with Crippen molar-refractivity contribution < 1.29 is 9.47 Å². The van der Waals surface area contributed by atoms with Crippen LogP contribution in [0.25, 0.3) is 0 Å². The third kappa shape index (κ3) is 4.64. The standard InChI is InChI=1S/C21H28N4O2/c1-22-21(23-16-17-9-10-19(26-2)20(15-17)27-3)25-13-11-24(12-14-25)18-7-5-4-6-8-18/h4-10,15H,11-14,16H2,1-3H3,(H,22,23). The molecular formula is C21H28N4O2. The molecule has 1 fully saturated rings. The summed E-state index contributed by atoms with van der Waals surface area (Å²) in [6.45, 7) is 4.55. The monoisotopic (exact) mass is 368 g/mol. The van der Waals surface area contributed by atoms with Gasteiger partial charge in [-0.25, -0.2) is 0 Å². The minimum atomic E-state index is 0.686. The maximum atomic E-state index is 5.38. The van der Waals surface area contributed by atoms with E-state index in [1.54, 1.807) is 14.2 Å². The van der Waals surface area contributed by atoms with Gasteiger partial charge < -0.3 is 24.6 Å². The van der Waals surface area contributed by atoms with Gasteiger partial charge in [0.1, 0.15) is 0 Å². The first-order chi connectivity index (χ1) is 13.2. The minimum Gasteiger partial charge on any atom is -0.493 e. The smallest absolute Gasteiger partial charge is 0.194 e. The molecule has 0 aromatic heterocycles. The first kappa shape index (κ1) is 18.9. The molecule has 2 aromatic carbocycles. The normalized spacial score (nSPS) is 14.9. The molecule has 6 nitrogen and oxygen atoms in total. The number of aliphatic imine (C=N–C) groups is 1. The SMILES string of the molecule is CN=C(NCc1ccc(OC)c(OC)c1)N1CCN(c2ccccc2)CC1. The van der Waals surface area contributed by atoms with Gasteiger partial charge in [-0.05, 0) is 29.8 Å². The zero-order chi connectivity index (χ0) is 19.1. The molecule has 0 saturated carbocycles. The third-order valence-corrected chi connectivity index (χ3v) is 4.81. The highest BCUT2D eigenvalue weighted by atomic mass is 16.5. The Kier molecular flexibility index (Phi) is 6.41. The molecule has 0 radical (unpaired) electrons. The second-order valence-corrected chi connectivity index (χ2v) is 6.40. The quantitative estimate of drug-likeness (QED) is 0.649. The van der Waals surface area contributed by atoms with Crippen LogP contribution in [0.15, 0.2) is 53.5 Å². The van der Waals surface area contributed by atoms with Gasteiger partial charge in [-0.1, -0.05) is 24.3 Å². The Hall–Kier alpha value is -2.89. The summed E-state index contributed by atoms with van der Waals surface area (Å²) >= 11 is 0. The Balaban J connectivity index is 1.56. The lowest BCUT2D eigenvalue weighted by Crippen LogP contribution is -2.52. The Labute approximate surface area is 161 Å². The number of piperazine rings is 1. The molecule has 0 unspecified atom stereocenters. The van der Waals surface area contributed by atoms with Crippen LogP contribution in [0.1, 0.15) is 5.56 Å². The summed E-state index contributed by atoms with van der Waals surface area (Å²) in [6.07, 6.45) is 0. The zero-order valence-electron chi connectivity index (χ0n) is 16.3. The van der Waals surface area contributed by atoms with Crippen molar-refractivity contribution in [3.63, 3.8) is 0 Å². The van der Waals surface area contributed by atoms with Crippen molar-refractivity contribution in [2.24, 2.45) is 4.99 Å². The fourth-order valence-electron chi connectivity index (χ4n) is 3.32. The highest BCUT2D eigenvalue weighted by molar-refractivity contribution is 5.80. The fraction of sp³-hybridized carbons (Fsp3) is 0.381. The number of hydrogen-bond donors (Lipinski definition) is 1. The van der Waals surface area contributed by atoms with Crippen LogP contribution in [-0.4, -0.2) is 58.3 Å². The summed E-state index contributed by atoms with van der Waals surface area (Å²) < 4.78 is 10.7. The molecule has 2 aromatic rings. The van der Waals surface area contributed by atoms with Gasteiger partial charge in [0.25, 0.3) is 0 Å². The molecule has 144 valence electrons. The average molecular weight is 368 g/mol. The van der Waals surface area contributed by atoms with Crippen LogP contribution in [0.2, 0.25) is 0 Å². The molecule has 1 aliphatic rings. The maximum absolute atomic E-state index is 5.38. The molecule has 0 spiro atoms. The molecule has 1 heterocycles. The minimum absolute atomic E-state index is 0.686. The molecule has 0 bridgehead atoms. The number of nitrogens with one attached hydrogen (secondary N) is 1. The van der Waals surface area contributed by atoms with Gasteiger partial charge in [-0.15, -0.1) is 0 Å². The summed E-state index contributed by atoms with van der Waals surface area (Å²) in [5.41, 5.74) is 2.40. The van der Waals surface area contributed by atoms with E-state index in [4.69, 9.17) is 9.47 Å². The van der Waals surface area contributed by atoms with Crippen molar-refractivity contribution in [3.05, 3.63) is 54.1 Å². The highest BCUT2D eigenvalue weighted by Gasteiger charge is 2.19. The van der Waals surface area contributed by atoms with Crippen molar-refractivity contribution in [1.82, 2.24) is 10.2 Å². The number of para-hydroxylation sites is 1. The Morgan fingerprint density at radius 3 is 2.30 bits per heavy atom. The lowest BCUT2D eigenvalue weighted by Gasteiger charge is -2.37. The molecule has 1 saturated heterocycles. The molecule has 3 rings (SSSR count). The predicted octanol–water partition coefficient (Wildman–Crippen LogP) is 2.60. The second-order valence-electron chi connectivity index (χ2n) is 6.40. The largest absolute Gasteiger partial charge is 0.493 e. The van der Waals surface area contributed by atoms with Crippen molar-refractivity contribution >= 4 is 11.6 Å². The number of guanidine groups is 1. The molecule has 0 aliphatic carbocycles. The number of rotatable bonds is 5. The number of methoxy groups -OCH3 is 2. The van der Waals surface area contributed by atoms with Crippen LogP contribution in [0, 0.1) is 0 Å². The maximum Gasteiger partial charge on any atom is 0.194 e. The van der Waals surface area contributed by atoms with E-state index in [1.165, 1.54) is 5.69 Å². The summed E-state index contributed by atoms with van der Waals surface area (Å²) in [5.74, 6) is 2.41.